The SMILES string of the molecule is C=CCn1c(=S)[nH]c2cc(C(=O)N(C)Cc3nc4ccsc4c(=O)[nH]3)ccc2c1=O. The molecule has 0 radical (unpaired) electrons. The minimum Gasteiger partial charge on any atom is -0.334 e. The Labute approximate surface area is 179 Å². The molecule has 3 aromatic heterocycles. The second-order valence-electron chi connectivity index (χ2n) is 6.70. The van der Waals surface area contributed by atoms with E-state index in [-0.39, 0.29) is 28.3 Å². The molecule has 0 saturated heterocycles. The van der Waals surface area contributed by atoms with Crippen LogP contribution in [0, 0.1) is 4.77 Å². The van der Waals surface area contributed by atoms with E-state index in [4.69, 9.17) is 12.2 Å². The van der Waals surface area contributed by atoms with Crippen LogP contribution in [0.1, 0.15) is 16.2 Å². The molecule has 0 aliphatic heterocycles. The van der Waals surface area contributed by atoms with Crippen LogP contribution in [0.3, 0.4) is 0 Å². The summed E-state index contributed by atoms with van der Waals surface area (Å²) in [6.45, 7) is 4.06. The van der Waals surface area contributed by atoms with E-state index in [1.807, 2.05) is 0 Å². The van der Waals surface area contributed by atoms with Gasteiger partial charge in [-0.2, -0.15) is 0 Å². The first-order valence-electron chi connectivity index (χ1n) is 8.98. The average Bonchev–Trinajstić information content (AvgIpc) is 3.19. The van der Waals surface area contributed by atoms with Gasteiger partial charge >= 0.3 is 0 Å². The van der Waals surface area contributed by atoms with Gasteiger partial charge in [-0.1, -0.05) is 6.08 Å². The molecule has 3 heterocycles. The summed E-state index contributed by atoms with van der Waals surface area (Å²) < 4.78 is 2.22. The Kier molecular flexibility index (Phi) is 5.18. The van der Waals surface area contributed by atoms with Gasteiger partial charge in [0.15, 0.2) is 4.77 Å². The molecule has 2 N–H and O–H groups in total. The summed E-state index contributed by atoms with van der Waals surface area (Å²) in [6, 6.07) is 6.56. The van der Waals surface area contributed by atoms with Crippen molar-refractivity contribution in [2.45, 2.75) is 13.1 Å². The van der Waals surface area contributed by atoms with Crippen LogP contribution < -0.4 is 11.1 Å². The first-order chi connectivity index (χ1) is 14.4. The van der Waals surface area contributed by atoms with Gasteiger partial charge in [0.1, 0.15) is 10.5 Å². The van der Waals surface area contributed by atoms with Gasteiger partial charge in [-0.3, -0.25) is 19.0 Å². The third-order valence-corrected chi connectivity index (χ3v) is 5.86. The average molecular weight is 440 g/mol. The molecule has 1 amide bonds. The number of amides is 1. The lowest BCUT2D eigenvalue weighted by atomic mass is 10.1. The van der Waals surface area contributed by atoms with Crippen molar-refractivity contribution >= 4 is 50.6 Å². The predicted molar refractivity (Wildman–Crippen MR) is 120 cm³/mol. The number of nitrogens with one attached hydrogen (secondary N) is 2. The number of carbonyl (C=O) groups excluding carboxylic acids is 1. The van der Waals surface area contributed by atoms with Crippen molar-refractivity contribution in [3.8, 4) is 0 Å². The van der Waals surface area contributed by atoms with Crippen LogP contribution >= 0.6 is 23.6 Å². The normalized spacial score (nSPS) is 11.1. The summed E-state index contributed by atoms with van der Waals surface area (Å²) in [4.78, 5) is 49.2. The van der Waals surface area contributed by atoms with E-state index >= 15 is 0 Å². The molecule has 0 fully saturated rings. The number of thiophene rings is 1. The van der Waals surface area contributed by atoms with E-state index in [0.29, 0.717) is 39.1 Å². The molecule has 1 aromatic carbocycles. The maximum atomic E-state index is 12.9. The summed E-state index contributed by atoms with van der Waals surface area (Å²) in [5.74, 6) is 0.119. The van der Waals surface area contributed by atoms with Crippen LogP contribution in [0.25, 0.3) is 21.1 Å². The lowest BCUT2D eigenvalue weighted by molar-refractivity contribution is 0.0781. The van der Waals surface area contributed by atoms with Crippen LogP contribution in [0.5, 0.6) is 0 Å². The summed E-state index contributed by atoms with van der Waals surface area (Å²) in [7, 11) is 1.62. The molecule has 4 aromatic rings. The minimum atomic E-state index is -0.278. The van der Waals surface area contributed by atoms with Crippen molar-refractivity contribution in [3.63, 3.8) is 0 Å². The molecule has 10 heteroatoms. The lowest BCUT2D eigenvalue weighted by Crippen LogP contribution is -2.28. The summed E-state index contributed by atoms with van der Waals surface area (Å²) in [5, 5.41) is 2.23. The Morgan fingerprint density at radius 1 is 1.33 bits per heavy atom. The van der Waals surface area contributed by atoms with E-state index in [0.717, 1.165) is 0 Å². The van der Waals surface area contributed by atoms with E-state index < -0.39 is 0 Å². The Bertz CT molecular complexity index is 1480. The fraction of sp³-hybridized carbons (Fsp3) is 0.150. The van der Waals surface area contributed by atoms with Crippen molar-refractivity contribution in [3.05, 3.63) is 79.2 Å². The topological polar surface area (TPSA) is 104 Å². The number of hydrogen-bond acceptors (Lipinski definition) is 6. The third kappa shape index (κ3) is 3.51. The highest BCUT2D eigenvalue weighted by Crippen LogP contribution is 2.16. The zero-order valence-corrected chi connectivity index (χ0v) is 17.6. The highest BCUT2D eigenvalue weighted by atomic mass is 32.1. The highest BCUT2D eigenvalue weighted by Gasteiger charge is 2.16. The van der Waals surface area contributed by atoms with Crippen molar-refractivity contribution in [1.82, 2.24) is 24.4 Å². The summed E-state index contributed by atoms with van der Waals surface area (Å²) in [5.41, 5.74) is 1.01. The largest absolute Gasteiger partial charge is 0.334 e. The fourth-order valence-corrected chi connectivity index (χ4v) is 4.19. The van der Waals surface area contributed by atoms with Gasteiger partial charge in [-0.05, 0) is 41.9 Å². The molecule has 30 heavy (non-hydrogen) atoms. The second-order valence-corrected chi connectivity index (χ2v) is 8.01. The van der Waals surface area contributed by atoms with Crippen molar-refractivity contribution < 1.29 is 4.79 Å². The number of rotatable bonds is 5. The Balaban J connectivity index is 1.65. The van der Waals surface area contributed by atoms with Crippen molar-refractivity contribution in [2.75, 3.05) is 7.05 Å². The molecule has 0 spiro atoms. The first kappa shape index (κ1) is 19.9. The molecule has 0 saturated carbocycles. The van der Waals surface area contributed by atoms with Crippen molar-refractivity contribution in [2.24, 2.45) is 0 Å². The maximum absolute atomic E-state index is 12.9. The van der Waals surface area contributed by atoms with Crippen LogP contribution in [0.2, 0.25) is 0 Å². The molecule has 8 nitrogen and oxygen atoms in total. The van der Waals surface area contributed by atoms with E-state index in [1.54, 1.807) is 42.8 Å². The lowest BCUT2D eigenvalue weighted by Gasteiger charge is -2.17. The van der Waals surface area contributed by atoms with E-state index in [1.165, 1.54) is 20.8 Å². The molecule has 0 unspecified atom stereocenters. The van der Waals surface area contributed by atoms with Crippen molar-refractivity contribution in [1.29, 1.82) is 0 Å². The highest BCUT2D eigenvalue weighted by molar-refractivity contribution is 7.71. The molecular weight excluding hydrogens is 422 g/mol. The molecule has 4 rings (SSSR count). The number of benzene rings is 1. The summed E-state index contributed by atoms with van der Waals surface area (Å²) in [6.07, 6.45) is 1.59. The predicted octanol–water partition coefficient (Wildman–Crippen LogP) is 2.82. The number of allylic oxidation sites excluding steroid dienone is 1. The van der Waals surface area contributed by atoms with Gasteiger partial charge in [-0.15, -0.1) is 17.9 Å². The van der Waals surface area contributed by atoms with Gasteiger partial charge < -0.3 is 14.9 Å². The first-order valence-corrected chi connectivity index (χ1v) is 10.3. The molecule has 0 atom stereocenters. The maximum Gasteiger partial charge on any atom is 0.268 e. The smallest absolute Gasteiger partial charge is 0.268 e. The molecule has 0 aliphatic rings. The molecule has 152 valence electrons. The Morgan fingerprint density at radius 3 is 2.90 bits per heavy atom. The van der Waals surface area contributed by atoms with Crippen LogP contribution in [-0.2, 0) is 13.1 Å². The van der Waals surface area contributed by atoms with Gasteiger partial charge in [0, 0.05) is 19.2 Å². The zero-order chi connectivity index (χ0) is 21.4. The Hall–Kier alpha value is -3.37. The quantitative estimate of drug-likeness (QED) is 0.368. The number of H-pyrrole nitrogens is 2. The zero-order valence-electron chi connectivity index (χ0n) is 16.0. The van der Waals surface area contributed by atoms with Crippen LogP contribution in [0.4, 0.5) is 0 Å². The monoisotopic (exact) mass is 439 g/mol. The number of aromatic nitrogens is 4. The number of hydrogen-bond donors (Lipinski definition) is 2. The number of fused-ring (bicyclic) bond motifs is 2. The number of carbonyl (C=O) groups is 1. The van der Waals surface area contributed by atoms with E-state index in [2.05, 4.69) is 21.5 Å². The van der Waals surface area contributed by atoms with Gasteiger partial charge in [0.2, 0.25) is 0 Å². The second kappa shape index (κ2) is 7.81. The van der Waals surface area contributed by atoms with Crippen LogP contribution in [-0.4, -0.2) is 37.4 Å². The van der Waals surface area contributed by atoms with Crippen LogP contribution in [0.15, 0.2) is 51.9 Å². The minimum absolute atomic E-state index is 0.134. The third-order valence-electron chi connectivity index (χ3n) is 4.64. The molecule has 0 bridgehead atoms. The summed E-state index contributed by atoms with van der Waals surface area (Å²) >= 11 is 6.57. The van der Waals surface area contributed by atoms with Gasteiger partial charge in [-0.25, -0.2) is 4.98 Å². The van der Waals surface area contributed by atoms with Gasteiger partial charge in [0.25, 0.3) is 17.0 Å². The van der Waals surface area contributed by atoms with E-state index in [9.17, 15) is 14.4 Å². The number of nitrogens with zero attached hydrogens (tertiary/aromatic N) is 3. The van der Waals surface area contributed by atoms with Gasteiger partial charge in [0.05, 0.1) is 23.0 Å². The fourth-order valence-electron chi connectivity index (χ4n) is 3.20. The Morgan fingerprint density at radius 2 is 2.13 bits per heavy atom. The number of aromatic amines is 2. The standard InChI is InChI=1S/C20H17N5O3S2/c1-3-7-25-19(28)12-5-4-11(9-14(12)22-20(25)29)18(27)24(2)10-15-21-13-6-8-30-16(13)17(26)23-15/h3-6,8-9H,1,7,10H2,2H3,(H,22,29)(H,21,23,26). The molecular formula is C20H17N5O3S2. The molecule has 0 aliphatic carbocycles.